The third kappa shape index (κ3) is 7.45. The highest BCUT2D eigenvalue weighted by Gasteiger charge is 2.45. The van der Waals surface area contributed by atoms with Gasteiger partial charge in [0.05, 0.1) is 54.2 Å². The van der Waals surface area contributed by atoms with Gasteiger partial charge in [-0.05, 0) is 104 Å². The molecule has 0 spiro atoms. The van der Waals surface area contributed by atoms with E-state index in [1.54, 1.807) is 24.3 Å². The lowest BCUT2D eigenvalue weighted by atomic mass is 9.88. The summed E-state index contributed by atoms with van der Waals surface area (Å²) in [5.74, 6) is -1.84. The van der Waals surface area contributed by atoms with Crippen LogP contribution in [0, 0.1) is 0 Å². The van der Waals surface area contributed by atoms with E-state index in [0.717, 1.165) is 21.8 Å². The van der Waals surface area contributed by atoms with Crippen LogP contribution in [0.2, 0.25) is 20.1 Å². The van der Waals surface area contributed by atoms with Crippen molar-refractivity contribution < 1.29 is 30.5 Å². The SMILES string of the molecule is O=S(=O)(O)c1cc2c(s1)-c1c(c(C(F)CCCCCC(c3nn(-c4ccc(Cl)cc4Cl)c4c3CCc3ccsc3-4)C(F)(F)F)nn1-c1ccc(Cl)cc1Cl)CC2. The first-order chi connectivity index (χ1) is 26.6. The van der Waals surface area contributed by atoms with Crippen LogP contribution in [-0.2, 0) is 35.8 Å². The number of halogens is 8. The summed E-state index contributed by atoms with van der Waals surface area (Å²) in [5, 5.41) is 12.5. The summed E-state index contributed by atoms with van der Waals surface area (Å²) in [5.41, 5.74) is 4.89. The second kappa shape index (κ2) is 15.3. The number of nitrogens with zero attached hydrogens (tertiary/aromatic N) is 4. The van der Waals surface area contributed by atoms with Crippen molar-refractivity contribution in [2.45, 2.75) is 80.3 Å². The molecule has 0 saturated heterocycles. The van der Waals surface area contributed by atoms with Gasteiger partial charge in [0.25, 0.3) is 0 Å². The molecule has 6 aromatic rings. The van der Waals surface area contributed by atoms with Gasteiger partial charge in [-0.25, -0.2) is 13.8 Å². The van der Waals surface area contributed by atoms with Crippen LogP contribution in [-0.4, -0.2) is 38.7 Å². The number of unbranched alkanes of at least 4 members (excludes halogenated alkanes) is 2. The monoisotopic (exact) mass is 902 g/mol. The molecule has 8 rings (SSSR count). The molecule has 0 aliphatic heterocycles. The molecule has 0 amide bonds. The van der Waals surface area contributed by atoms with E-state index < -0.39 is 28.4 Å². The van der Waals surface area contributed by atoms with Crippen LogP contribution < -0.4 is 0 Å². The third-order valence-electron chi connectivity index (χ3n) is 10.3. The molecule has 18 heteroatoms. The molecule has 0 radical (unpaired) electrons. The summed E-state index contributed by atoms with van der Waals surface area (Å²) in [6.07, 6.45) is -3.84. The molecule has 7 nitrogen and oxygen atoms in total. The van der Waals surface area contributed by atoms with E-state index in [0.29, 0.717) is 86.5 Å². The zero-order valence-electron chi connectivity index (χ0n) is 29.0. The van der Waals surface area contributed by atoms with E-state index in [1.807, 2.05) is 11.4 Å². The highest BCUT2D eigenvalue weighted by molar-refractivity contribution is 7.88. The van der Waals surface area contributed by atoms with Crippen molar-refractivity contribution in [2.24, 2.45) is 0 Å². The van der Waals surface area contributed by atoms with Gasteiger partial charge in [-0.15, -0.1) is 22.7 Å². The molecule has 2 aliphatic rings. The van der Waals surface area contributed by atoms with Crippen LogP contribution >= 0.6 is 69.1 Å². The molecule has 0 bridgehead atoms. The van der Waals surface area contributed by atoms with Crippen LogP contribution in [0.1, 0.15) is 77.8 Å². The molecule has 56 heavy (non-hydrogen) atoms. The van der Waals surface area contributed by atoms with Crippen LogP contribution in [0.4, 0.5) is 17.6 Å². The van der Waals surface area contributed by atoms with Crippen LogP contribution in [0.5, 0.6) is 0 Å². The Kier molecular flexibility index (Phi) is 10.9. The summed E-state index contributed by atoms with van der Waals surface area (Å²) in [6.45, 7) is 0. The van der Waals surface area contributed by atoms with Crippen molar-refractivity contribution in [3.05, 3.63) is 108 Å². The summed E-state index contributed by atoms with van der Waals surface area (Å²) in [7, 11) is -4.49. The first kappa shape index (κ1) is 39.9. The number of aromatic nitrogens is 4. The van der Waals surface area contributed by atoms with E-state index in [-0.39, 0.29) is 51.3 Å². The molecule has 0 saturated carbocycles. The van der Waals surface area contributed by atoms with E-state index >= 15 is 4.39 Å². The van der Waals surface area contributed by atoms with Gasteiger partial charge < -0.3 is 0 Å². The van der Waals surface area contributed by atoms with Gasteiger partial charge in [-0.3, -0.25) is 4.55 Å². The molecule has 4 aromatic heterocycles. The fourth-order valence-corrected chi connectivity index (χ4v) is 11.6. The van der Waals surface area contributed by atoms with E-state index in [2.05, 4.69) is 10.2 Å². The second-order valence-corrected chi connectivity index (χ2v) is 19.1. The fourth-order valence-electron chi connectivity index (χ4n) is 7.70. The molecule has 1 N–H and O–H groups in total. The summed E-state index contributed by atoms with van der Waals surface area (Å²) < 4.78 is 97.6. The fraction of sp³-hybridized carbons (Fsp3) is 0.316. The van der Waals surface area contributed by atoms with Crippen molar-refractivity contribution in [1.82, 2.24) is 19.6 Å². The molecule has 294 valence electrons. The zero-order chi connectivity index (χ0) is 39.7. The van der Waals surface area contributed by atoms with Gasteiger partial charge >= 0.3 is 16.3 Å². The minimum atomic E-state index is -4.58. The molecule has 0 fully saturated rings. The van der Waals surface area contributed by atoms with Crippen molar-refractivity contribution in [2.75, 3.05) is 0 Å². The van der Waals surface area contributed by atoms with Gasteiger partial charge in [0, 0.05) is 21.2 Å². The zero-order valence-corrected chi connectivity index (χ0v) is 34.5. The average molecular weight is 905 g/mol. The average Bonchev–Trinajstić information content (AvgIpc) is 3.92. The lowest BCUT2D eigenvalue weighted by Crippen LogP contribution is -2.23. The number of hydrogen-bond donors (Lipinski definition) is 1. The molecular weight excluding hydrogens is 874 g/mol. The standard InChI is InChI=1S/C38H30Cl4F4N4O3S3/c39-21-8-12-29(26(41)17-21)49-34-23(10-6-19-14-15-54-36(19)34)32(47-49)25(38(44,45)46)4-2-1-3-5-28(43)33-24-11-7-20-16-31(56(51,52)53)55-37(20)35(24)50(48-33)30-13-9-22(40)18-27(30)42/h8-9,12-18,25,28H,1-7,10-11H2,(H,51,52,53). The minimum absolute atomic E-state index is 0.00228. The number of aryl methyl sites for hydroxylation is 2. The van der Waals surface area contributed by atoms with Crippen molar-refractivity contribution in [3.8, 4) is 32.5 Å². The lowest BCUT2D eigenvalue weighted by molar-refractivity contribution is -0.153. The van der Waals surface area contributed by atoms with Gasteiger partial charge in [0.2, 0.25) is 0 Å². The Hall–Kier alpha value is -2.95. The predicted octanol–water partition coefficient (Wildman–Crippen LogP) is 12.9. The highest BCUT2D eigenvalue weighted by atomic mass is 35.5. The molecule has 2 aliphatic carbocycles. The Morgan fingerprint density at radius 3 is 1.93 bits per heavy atom. The van der Waals surface area contributed by atoms with Gasteiger partial charge in [0.1, 0.15) is 16.1 Å². The smallest absolute Gasteiger partial charge is 0.281 e. The normalized spacial score (nSPS) is 14.9. The molecule has 2 aromatic carbocycles. The number of thiophene rings is 2. The maximum atomic E-state index is 16.3. The molecule has 2 atom stereocenters. The molecule has 2 unspecified atom stereocenters. The number of fused-ring (bicyclic) bond motifs is 6. The summed E-state index contributed by atoms with van der Waals surface area (Å²) >= 11 is 27.7. The van der Waals surface area contributed by atoms with Crippen LogP contribution in [0.25, 0.3) is 32.5 Å². The molecule has 4 heterocycles. The van der Waals surface area contributed by atoms with Gasteiger partial charge in [-0.1, -0.05) is 65.7 Å². The first-order valence-corrected chi connectivity index (χ1v) is 22.3. The van der Waals surface area contributed by atoms with Crippen molar-refractivity contribution in [3.63, 3.8) is 0 Å². The van der Waals surface area contributed by atoms with Gasteiger partial charge in [-0.2, -0.15) is 31.8 Å². The third-order valence-corrected chi connectivity index (χ3v) is 14.8. The Morgan fingerprint density at radius 1 is 0.750 bits per heavy atom. The Labute approximate surface area is 347 Å². The molecular formula is C38H30Cl4F4N4O3S3. The van der Waals surface area contributed by atoms with Crippen molar-refractivity contribution >= 4 is 79.2 Å². The number of benzene rings is 2. The minimum Gasteiger partial charge on any atom is -0.281 e. The first-order valence-electron chi connectivity index (χ1n) is 17.6. The van der Waals surface area contributed by atoms with E-state index in [4.69, 9.17) is 46.4 Å². The Balaban J connectivity index is 1.03. The maximum Gasteiger partial charge on any atom is 0.397 e. The topological polar surface area (TPSA) is 90.0 Å². The van der Waals surface area contributed by atoms with Crippen LogP contribution in [0.15, 0.2) is 58.1 Å². The van der Waals surface area contributed by atoms with E-state index in [9.17, 15) is 26.1 Å². The maximum absolute atomic E-state index is 16.3. The Bertz CT molecular complexity index is 2600. The highest BCUT2D eigenvalue weighted by Crippen LogP contribution is 2.48. The van der Waals surface area contributed by atoms with Gasteiger partial charge in [0.15, 0.2) is 0 Å². The number of hydrogen-bond acceptors (Lipinski definition) is 6. The van der Waals surface area contributed by atoms with Crippen molar-refractivity contribution in [1.29, 1.82) is 0 Å². The number of alkyl halides is 4. The lowest BCUT2D eigenvalue weighted by Gasteiger charge is -2.21. The van der Waals surface area contributed by atoms with E-state index in [1.165, 1.54) is 38.9 Å². The quantitative estimate of drug-likeness (QED) is 0.0795. The number of rotatable bonds is 11. The second-order valence-electron chi connectivity index (χ2n) is 13.8. The Morgan fingerprint density at radius 2 is 1.32 bits per heavy atom. The largest absolute Gasteiger partial charge is 0.397 e. The summed E-state index contributed by atoms with van der Waals surface area (Å²) in [6, 6.07) is 13.0. The predicted molar refractivity (Wildman–Crippen MR) is 214 cm³/mol. The van der Waals surface area contributed by atoms with Crippen LogP contribution in [0.3, 0.4) is 0 Å². The summed E-state index contributed by atoms with van der Waals surface area (Å²) in [4.78, 5) is 1.38.